The van der Waals surface area contributed by atoms with Crippen molar-refractivity contribution in [3.05, 3.63) is 33.8 Å². The molecule has 4 nitrogen and oxygen atoms in total. The molecule has 3 rings (SSSR count). The smallest absolute Gasteiger partial charge is 0.184 e. The molecule has 0 amide bonds. The Morgan fingerprint density at radius 3 is 2.95 bits per heavy atom. The van der Waals surface area contributed by atoms with E-state index in [-0.39, 0.29) is 24.6 Å². The zero-order valence-electron chi connectivity index (χ0n) is 11.1. The predicted molar refractivity (Wildman–Crippen MR) is 75.1 cm³/mol. The monoisotopic (exact) mass is 318 g/mol. The number of benzene rings is 1. The molecular weight excluding hydrogens is 303 g/mol. The second-order valence-electron chi connectivity index (χ2n) is 4.95. The molecule has 0 spiro atoms. The zero-order valence-corrected chi connectivity index (χ0v) is 12.6. The Bertz CT molecular complexity index is 482. The van der Waals surface area contributed by atoms with Gasteiger partial charge in [0.1, 0.15) is 12.2 Å². The Kier molecular flexibility index (Phi) is 4.50. The van der Waals surface area contributed by atoms with E-state index in [4.69, 9.17) is 42.1 Å². The summed E-state index contributed by atoms with van der Waals surface area (Å²) in [7, 11) is 1.65. The van der Waals surface area contributed by atoms with E-state index in [0.717, 1.165) is 12.0 Å². The van der Waals surface area contributed by atoms with Crippen molar-refractivity contribution in [1.29, 1.82) is 0 Å². The van der Waals surface area contributed by atoms with Crippen molar-refractivity contribution in [2.24, 2.45) is 0 Å². The first kappa shape index (κ1) is 14.6. The lowest BCUT2D eigenvalue weighted by Crippen LogP contribution is -2.44. The average Bonchev–Trinajstić information content (AvgIpc) is 2.87. The average molecular weight is 319 g/mol. The third kappa shape index (κ3) is 2.82. The molecule has 2 bridgehead atoms. The molecule has 4 atom stereocenters. The summed E-state index contributed by atoms with van der Waals surface area (Å²) >= 11 is 12.1. The highest BCUT2D eigenvalue weighted by molar-refractivity contribution is 6.42. The van der Waals surface area contributed by atoms with E-state index in [0.29, 0.717) is 23.3 Å². The van der Waals surface area contributed by atoms with Gasteiger partial charge in [-0.1, -0.05) is 35.3 Å². The van der Waals surface area contributed by atoms with Gasteiger partial charge in [-0.25, -0.2) is 0 Å². The number of hydrogen-bond acceptors (Lipinski definition) is 4. The van der Waals surface area contributed by atoms with Gasteiger partial charge in [-0.3, -0.25) is 0 Å². The van der Waals surface area contributed by atoms with E-state index >= 15 is 0 Å². The van der Waals surface area contributed by atoms with Gasteiger partial charge in [-0.2, -0.15) is 0 Å². The number of methoxy groups -OCH3 is 1. The Morgan fingerprint density at radius 2 is 2.15 bits per heavy atom. The fraction of sp³-hybridized carbons (Fsp3) is 0.571. The molecule has 0 radical (unpaired) electrons. The van der Waals surface area contributed by atoms with Crippen molar-refractivity contribution < 1.29 is 18.9 Å². The van der Waals surface area contributed by atoms with Crippen LogP contribution in [0.5, 0.6) is 0 Å². The van der Waals surface area contributed by atoms with Crippen LogP contribution >= 0.6 is 23.2 Å². The molecule has 20 heavy (non-hydrogen) atoms. The number of hydrogen-bond donors (Lipinski definition) is 0. The summed E-state index contributed by atoms with van der Waals surface area (Å²) < 4.78 is 22.6. The van der Waals surface area contributed by atoms with Crippen LogP contribution in [-0.4, -0.2) is 38.3 Å². The van der Waals surface area contributed by atoms with Gasteiger partial charge in [0.25, 0.3) is 0 Å². The molecule has 2 fully saturated rings. The quantitative estimate of drug-likeness (QED) is 0.855. The first-order valence-corrected chi connectivity index (χ1v) is 7.29. The van der Waals surface area contributed by atoms with Crippen molar-refractivity contribution in [3.8, 4) is 0 Å². The van der Waals surface area contributed by atoms with Gasteiger partial charge < -0.3 is 18.9 Å². The van der Waals surface area contributed by atoms with E-state index in [1.807, 2.05) is 12.1 Å². The van der Waals surface area contributed by atoms with Crippen molar-refractivity contribution in [3.63, 3.8) is 0 Å². The molecule has 0 aliphatic carbocycles. The van der Waals surface area contributed by atoms with Crippen LogP contribution < -0.4 is 0 Å². The van der Waals surface area contributed by atoms with Gasteiger partial charge in [0.05, 0.1) is 29.4 Å². The SMILES string of the molecule is CO[C@@H]1C[C@H](OCc2cccc(Cl)c2Cl)[C@H]2CO[C@@H]1O2. The van der Waals surface area contributed by atoms with Crippen LogP contribution in [0.25, 0.3) is 0 Å². The van der Waals surface area contributed by atoms with Crippen LogP contribution in [0, 0.1) is 0 Å². The van der Waals surface area contributed by atoms with Crippen molar-refractivity contribution in [1.82, 2.24) is 0 Å². The first-order chi connectivity index (χ1) is 9.69. The summed E-state index contributed by atoms with van der Waals surface area (Å²) in [4.78, 5) is 0. The molecule has 1 aromatic rings. The molecule has 2 aliphatic heterocycles. The van der Waals surface area contributed by atoms with E-state index < -0.39 is 0 Å². The Labute approximate surface area is 127 Å². The van der Waals surface area contributed by atoms with Gasteiger partial charge in [0.2, 0.25) is 0 Å². The van der Waals surface area contributed by atoms with Crippen LogP contribution in [0.15, 0.2) is 18.2 Å². The van der Waals surface area contributed by atoms with Crippen LogP contribution in [0.3, 0.4) is 0 Å². The fourth-order valence-electron chi connectivity index (χ4n) is 2.56. The lowest BCUT2D eigenvalue weighted by Gasteiger charge is -2.32. The summed E-state index contributed by atoms with van der Waals surface area (Å²) in [6.45, 7) is 0.934. The van der Waals surface area contributed by atoms with Crippen LogP contribution in [0.2, 0.25) is 10.0 Å². The van der Waals surface area contributed by atoms with Crippen molar-refractivity contribution >= 4 is 23.2 Å². The van der Waals surface area contributed by atoms with E-state index in [2.05, 4.69) is 0 Å². The number of rotatable bonds is 4. The molecular formula is C14H16Cl2O4. The van der Waals surface area contributed by atoms with Gasteiger partial charge in [-0.05, 0) is 11.6 Å². The van der Waals surface area contributed by atoms with Crippen LogP contribution in [-0.2, 0) is 25.6 Å². The molecule has 0 aromatic heterocycles. The standard InChI is InChI=1S/C14H16Cl2O4/c1-17-11-5-10(12-7-19-14(11)20-12)18-6-8-3-2-4-9(15)13(8)16/h2-4,10-12,14H,5-7H2,1H3/t10-,11+,12+,14+/m0/s1. The minimum absolute atomic E-state index is 0.0376. The molecule has 6 heteroatoms. The summed E-state index contributed by atoms with van der Waals surface area (Å²) in [6.07, 6.45) is 0.301. The Balaban J connectivity index is 1.64. The predicted octanol–water partition coefficient (Wildman–Crippen LogP) is 3.04. The van der Waals surface area contributed by atoms with E-state index in [9.17, 15) is 0 Å². The maximum Gasteiger partial charge on any atom is 0.184 e. The number of halogens is 2. The lowest BCUT2D eigenvalue weighted by molar-refractivity contribution is -0.200. The van der Waals surface area contributed by atoms with Gasteiger partial charge in [0.15, 0.2) is 6.29 Å². The second kappa shape index (κ2) is 6.18. The second-order valence-corrected chi connectivity index (χ2v) is 5.73. The van der Waals surface area contributed by atoms with Crippen molar-refractivity contribution in [2.75, 3.05) is 13.7 Å². The maximum atomic E-state index is 6.15. The third-order valence-electron chi connectivity index (χ3n) is 3.70. The van der Waals surface area contributed by atoms with Crippen LogP contribution in [0.1, 0.15) is 12.0 Å². The molecule has 110 valence electrons. The highest BCUT2D eigenvalue weighted by Crippen LogP contribution is 2.32. The minimum atomic E-state index is -0.264. The summed E-state index contributed by atoms with van der Waals surface area (Å²) in [5.41, 5.74) is 0.870. The fourth-order valence-corrected chi connectivity index (χ4v) is 2.94. The first-order valence-electron chi connectivity index (χ1n) is 6.53. The summed E-state index contributed by atoms with van der Waals surface area (Å²) in [5, 5.41) is 1.07. The highest BCUT2D eigenvalue weighted by Gasteiger charge is 2.44. The van der Waals surface area contributed by atoms with E-state index in [1.54, 1.807) is 13.2 Å². The number of fused-ring (bicyclic) bond motifs is 2. The molecule has 2 saturated heterocycles. The molecule has 0 N–H and O–H groups in total. The lowest BCUT2D eigenvalue weighted by atomic mass is 10.0. The Morgan fingerprint density at radius 1 is 1.30 bits per heavy atom. The van der Waals surface area contributed by atoms with Crippen LogP contribution in [0.4, 0.5) is 0 Å². The summed E-state index contributed by atoms with van der Waals surface area (Å²) in [5.74, 6) is 0. The van der Waals surface area contributed by atoms with Gasteiger partial charge >= 0.3 is 0 Å². The highest BCUT2D eigenvalue weighted by atomic mass is 35.5. The molecule has 2 heterocycles. The number of ether oxygens (including phenoxy) is 4. The maximum absolute atomic E-state index is 6.15. The van der Waals surface area contributed by atoms with Gasteiger partial charge in [0, 0.05) is 13.5 Å². The normalized spacial score (nSPS) is 32.5. The van der Waals surface area contributed by atoms with E-state index in [1.165, 1.54) is 0 Å². The molecule has 0 unspecified atom stereocenters. The molecule has 1 aromatic carbocycles. The van der Waals surface area contributed by atoms with Crippen molar-refractivity contribution in [2.45, 2.75) is 37.6 Å². The minimum Gasteiger partial charge on any atom is -0.376 e. The van der Waals surface area contributed by atoms with Gasteiger partial charge in [-0.15, -0.1) is 0 Å². The third-order valence-corrected chi connectivity index (χ3v) is 4.56. The molecule has 2 aliphatic rings. The largest absolute Gasteiger partial charge is 0.376 e. The Hall–Kier alpha value is -0.360. The molecule has 0 saturated carbocycles. The summed E-state index contributed by atoms with van der Waals surface area (Å²) in [6, 6.07) is 5.52. The topological polar surface area (TPSA) is 36.9 Å². The zero-order chi connectivity index (χ0) is 14.1.